The van der Waals surface area contributed by atoms with Gasteiger partial charge in [-0.1, -0.05) is 43.5 Å². The van der Waals surface area contributed by atoms with Crippen LogP contribution in [0.25, 0.3) is 10.8 Å². The highest BCUT2D eigenvalue weighted by Gasteiger charge is 2.02. The highest BCUT2D eigenvalue weighted by Crippen LogP contribution is 2.19. The SMILES string of the molecule is CCOC(=O)CCCCCCCc1cncc2ccccc12. The predicted octanol–water partition coefficient (Wildman–Crippen LogP) is 4.68. The van der Waals surface area contributed by atoms with E-state index in [2.05, 4.69) is 29.2 Å². The van der Waals surface area contributed by atoms with Crippen molar-refractivity contribution in [2.75, 3.05) is 6.61 Å². The van der Waals surface area contributed by atoms with Gasteiger partial charge in [0, 0.05) is 24.2 Å². The molecule has 0 radical (unpaired) electrons. The molecular weight excluding hydrogens is 274 g/mol. The van der Waals surface area contributed by atoms with Crippen molar-refractivity contribution in [3.8, 4) is 0 Å². The molecule has 22 heavy (non-hydrogen) atoms. The van der Waals surface area contributed by atoms with Gasteiger partial charge >= 0.3 is 5.97 Å². The number of hydrogen-bond acceptors (Lipinski definition) is 3. The van der Waals surface area contributed by atoms with Crippen molar-refractivity contribution in [2.24, 2.45) is 0 Å². The normalized spacial score (nSPS) is 10.8. The van der Waals surface area contributed by atoms with Crippen molar-refractivity contribution >= 4 is 16.7 Å². The minimum absolute atomic E-state index is 0.0654. The third-order valence-corrected chi connectivity index (χ3v) is 3.88. The fraction of sp³-hybridized carbons (Fsp3) is 0.474. The predicted molar refractivity (Wildman–Crippen MR) is 89.8 cm³/mol. The van der Waals surface area contributed by atoms with Gasteiger partial charge in [-0.05, 0) is 37.1 Å². The Labute approximate surface area is 132 Å². The van der Waals surface area contributed by atoms with E-state index in [0.29, 0.717) is 13.0 Å². The van der Waals surface area contributed by atoms with Crippen LogP contribution in [-0.2, 0) is 16.0 Å². The van der Waals surface area contributed by atoms with Gasteiger partial charge in [0.2, 0.25) is 0 Å². The standard InChI is InChI=1S/C19H25NO2/c1-2-22-19(21)13-7-5-3-4-6-10-16-14-20-15-17-11-8-9-12-18(16)17/h8-9,11-12,14-15H,2-7,10,13H2,1H3. The molecule has 0 unspecified atom stereocenters. The van der Waals surface area contributed by atoms with Crippen LogP contribution >= 0.6 is 0 Å². The molecule has 0 saturated carbocycles. The number of fused-ring (bicyclic) bond motifs is 1. The number of hydrogen-bond donors (Lipinski definition) is 0. The number of ether oxygens (including phenoxy) is 1. The molecule has 0 fully saturated rings. The van der Waals surface area contributed by atoms with Gasteiger partial charge < -0.3 is 4.74 Å². The number of pyridine rings is 1. The zero-order chi connectivity index (χ0) is 15.6. The number of aryl methyl sites for hydroxylation is 1. The molecule has 1 aromatic carbocycles. The minimum Gasteiger partial charge on any atom is -0.466 e. The maximum Gasteiger partial charge on any atom is 0.305 e. The van der Waals surface area contributed by atoms with Crippen molar-refractivity contribution in [3.63, 3.8) is 0 Å². The van der Waals surface area contributed by atoms with Crippen LogP contribution in [0.1, 0.15) is 51.0 Å². The van der Waals surface area contributed by atoms with Crippen molar-refractivity contribution in [3.05, 3.63) is 42.2 Å². The molecule has 0 aliphatic rings. The van der Waals surface area contributed by atoms with Crippen molar-refractivity contribution in [1.29, 1.82) is 0 Å². The first-order chi connectivity index (χ1) is 10.8. The molecule has 0 aliphatic carbocycles. The Kier molecular flexibility index (Phi) is 6.88. The second-order valence-corrected chi connectivity index (χ2v) is 5.59. The van der Waals surface area contributed by atoms with Crippen LogP contribution in [0.15, 0.2) is 36.7 Å². The fourth-order valence-corrected chi connectivity index (χ4v) is 2.73. The number of nitrogens with zero attached hydrogens (tertiary/aromatic N) is 1. The van der Waals surface area contributed by atoms with E-state index in [9.17, 15) is 4.79 Å². The molecule has 2 rings (SSSR count). The van der Waals surface area contributed by atoms with Gasteiger partial charge in [-0.2, -0.15) is 0 Å². The number of unbranched alkanes of at least 4 members (excludes halogenated alkanes) is 4. The summed E-state index contributed by atoms with van der Waals surface area (Å²) in [7, 11) is 0. The lowest BCUT2D eigenvalue weighted by molar-refractivity contribution is -0.143. The molecule has 118 valence electrons. The molecular formula is C19H25NO2. The third-order valence-electron chi connectivity index (χ3n) is 3.88. The number of carbonyl (C=O) groups is 1. The van der Waals surface area contributed by atoms with Gasteiger partial charge in [0.1, 0.15) is 0 Å². The lowest BCUT2D eigenvalue weighted by atomic mass is 10.0. The van der Waals surface area contributed by atoms with Gasteiger partial charge in [-0.15, -0.1) is 0 Å². The lowest BCUT2D eigenvalue weighted by Gasteiger charge is -2.06. The summed E-state index contributed by atoms with van der Waals surface area (Å²) in [5.41, 5.74) is 1.34. The van der Waals surface area contributed by atoms with E-state index in [-0.39, 0.29) is 5.97 Å². The maximum absolute atomic E-state index is 11.2. The van der Waals surface area contributed by atoms with E-state index in [1.54, 1.807) is 0 Å². The summed E-state index contributed by atoms with van der Waals surface area (Å²) in [5, 5.41) is 2.54. The Hall–Kier alpha value is -1.90. The van der Waals surface area contributed by atoms with Gasteiger partial charge in [0.15, 0.2) is 0 Å². The molecule has 0 atom stereocenters. The first-order valence-electron chi connectivity index (χ1n) is 8.28. The molecule has 1 aromatic heterocycles. The summed E-state index contributed by atoms with van der Waals surface area (Å²) in [6, 6.07) is 8.42. The number of carbonyl (C=O) groups excluding carboxylic acids is 1. The first kappa shape index (κ1) is 16.5. The fourth-order valence-electron chi connectivity index (χ4n) is 2.73. The van der Waals surface area contributed by atoms with Crippen molar-refractivity contribution < 1.29 is 9.53 Å². The average Bonchev–Trinajstić information content (AvgIpc) is 2.54. The second kappa shape index (κ2) is 9.19. The molecule has 3 nitrogen and oxygen atoms in total. The molecule has 0 N–H and O–H groups in total. The van der Waals surface area contributed by atoms with Crippen LogP contribution in [0.5, 0.6) is 0 Å². The van der Waals surface area contributed by atoms with Crippen LogP contribution in [-0.4, -0.2) is 17.6 Å². The molecule has 0 saturated heterocycles. The van der Waals surface area contributed by atoms with Gasteiger partial charge in [0.05, 0.1) is 6.61 Å². The molecule has 0 bridgehead atoms. The highest BCUT2D eigenvalue weighted by atomic mass is 16.5. The van der Waals surface area contributed by atoms with Crippen LogP contribution in [0, 0.1) is 0 Å². The molecule has 0 aliphatic heterocycles. The van der Waals surface area contributed by atoms with Crippen LogP contribution in [0.4, 0.5) is 0 Å². The summed E-state index contributed by atoms with van der Waals surface area (Å²) in [4.78, 5) is 15.5. The molecule has 2 aromatic rings. The average molecular weight is 299 g/mol. The van der Waals surface area contributed by atoms with Gasteiger partial charge in [-0.3, -0.25) is 9.78 Å². The number of aromatic nitrogens is 1. The van der Waals surface area contributed by atoms with E-state index < -0.39 is 0 Å². The van der Waals surface area contributed by atoms with Crippen molar-refractivity contribution in [1.82, 2.24) is 4.98 Å². The van der Waals surface area contributed by atoms with E-state index in [4.69, 9.17) is 4.74 Å². The van der Waals surface area contributed by atoms with E-state index >= 15 is 0 Å². The van der Waals surface area contributed by atoms with E-state index in [0.717, 1.165) is 19.3 Å². The van der Waals surface area contributed by atoms with E-state index in [1.807, 2.05) is 19.3 Å². The zero-order valence-electron chi connectivity index (χ0n) is 13.4. The molecule has 0 amide bonds. The second-order valence-electron chi connectivity index (χ2n) is 5.59. The summed E-state index contributed by atoms with van der Waals surface area (Å²) in [5.74, 6) is -0.0654. The molecule has 0 spiro atoms. The largest absolute Gasteiger partial charge is 0.466 e. The smallest absolute Gasteiger partial charge is 0.305 e. The maximum atomic E-state index is 11.2. The highest BCUT2D eigenvalue weighted by molar-refractivity contribution is 5.84. The van der Waals surface area contributed by atoms with E-state index in [1.165, 1.54) is 35.6 Å². The Morgan fingerprint density at radius 3 is 2.68 bits per heavy atom. The minimum atomic E-state index is -0.0654. The molecule has 1 heterocycles. The summed E-state index contributed by atoms with van der Waals surface area (Å²) in [6.07, 6.45) is 11.1. The Morgan fingerprint density at radius 1 is 1.05 bits per heavy atom. The topological polar surface area (TPSA) is 39.2 Å². The lowest BCUT2D eigenvalue weighted by Crippen LogP contribution is -2.03. The summed E-state index contributed by atoms with van der Waals surface area (Å²) < 4.78 is 4.92. The van der Waals surface area contributed by atoms with Crippen LogP contribution < -0.4 is 0 Å². The summed E-state index contributed by atoms with van der Waals surface area (Å²) in [6.45, 7) is 2.33. The Balaban J connectivity index is 1.65. The first-order valence-corrected chi connectivity index (χ1v) is 8.28. The van der Waals surface area contributed by atoms with Gasteiger partial charge in [-0.25, -0.2) is 0 Å². The number of benzene rings is 1. The molecule has 3 heteroatoms. The zero-order valence-corrected chi connectivity index (χ0v) is 13.4. The van der Waals surface area contributed by atoms with Crippen molar-refractivity contribution in [2.45, 2.75) is 51.9 Å². The van der Waals surface area contributed by atoms with Crippen LogP contribution in [0.2, 0.25) is 0 Å². The van der Waals surface area contributed by atoms with Crippen LogP contribution in [0.3, 0.4) is 0 Å². The number of rotatable bonds is 9. The number of esters is 1. The van der Waals surface area contributed by atoms with Gasteiger partial charge in [0.25, 0.3) is 0 Å². The quantitative estimate of drug-likeness (QED) is 0.498. The Morgan fingerprint density at radius 2 is 1.82 bits per heavy atom. The summed E-state index contributed by atoms with van der Waals surface area (Å²) >= 11 is 0. The third kappa shape index (κ3) is 5.14. The monoisotopic (exact) mass is 299 g/mol. The Bertz CT molecular complexity index is 590.